The van der Waals surface area contributed by atoms with E-state index in [1.807, 2.05) is 13.8 Å². The standard InChI is InChI=1S/C11H14N2O3S/c1-6-7(2)17-9(12-6)5-13-8(11(15)16)3-4-10(13)14/h8H,3-5H2,1-2H3,(H,15,16). The van der Waals surface area contributed by atoms with Crippen LogP contribution in [0.5, 0.6) is 0 Å². The topological polar surface area (TPSA) is 70.5 Å². The van der Waals surface area contributed by atoms with E-state index < -0.39 is 12.0 Å². The molecule has 1 fully saturated rings. The summed E-state index contributed by atoms with van der Waals surface area (Å²) in [6.07, 6.45) is 0.720. The Bertz CT molecular complexity index is 450. The average molecular weight is 254 g/mol. The Hall–Kier alpha value is -1.43. The number of aromatic nitrogens is 1. The normalized spacial score (nSPS) is 20.0. The number of likely N-dealkylation sites (tertiary alicyclic amines) is 1. The Kier molecular flexibility index (Phi) is 3.15. The molecule has 0 bridgehead atoms. The Morgan fingerprint density at radius 3 is 2.82 bits per heavy atom. The third-order valence-corrected chi connectivity index (χ3v) is 4.05. The maximum Gasteiger partial charge on any atom is 0.326 e. The Balaban J connectivity index is 2.16. The molecule has 1 unspecified atom stereocenters. The zero-order valence-electron chi connectivity index (χ0n) is 9.77. The Morgan fingerprint density at radius 1 is 1.59 bits per heavy atom. The van der Waals surface area contributed by atoms with Crippen LogP contribution in [0, 0.1) is 13.8 Å². The van der Waals surface area contributed by atoms with E-state index in [2.05, 4.69) is 4.98 Å². The average Bonchev–Trinajstić information content (AvgIpc) is 2.74. The number of thiazole rings is 1. The first kappa shape index (κ1) is 12.0. The molecular weight excluding hydrogens is 240 g/mol. The molecule has 1 aliphatic rings. The molecule has 17 heavy (non-hydrogen) atoms. The number of carbonyl (C=O) groups excluding carboxylic acids is 1. The molecule has 2 heterocycles. The van der Waals surface area contributed by atoms with Crippen molar-refractivity contribution >= 4 is 23.2 Å². The summed E-state index contributed by atoms with van der Waals surface area (Å²) in [5.41, 5.74) is 0.948. The lowest BCUT2D eigenvalue weighted by Gasteiger charge is -2.19. The zero-order chi connectivity index (χ0) is 12.6. The molecule has 1 aromatic rings. The second kappa shape index (κ2) is 4.44. The van der Waals surface area contributed by atoms with Crippen LogP contribution in [0.2, 0.25) is 0 Å². The molecule has 1 aromatic heterocycles. The summed E-state index contributed by atoms with van der Waals surface area (Å²) in [7, 11) is 0. The van der Waals surface area contributed by atoms with E-state index in [1.54, 1.807) is 0 Å². The minimum atomic E-state index is -0.930. The van der Waals surface area contributed by atoms with Gasteiger partial charge in [-0.2, -0.15) is 0 Å². The van der Waals surface area contributed by atoms with Crippen molar-refractivity contribution in [3.8, 4) is 0 Å². The van der Waals surface area contributed by atoms with Crippen LogP contribution in [0.15, 0.2) is 0 Å². The summed E-state index contributed by atoms with van der Waals surface area (Å²) in [5, 5.41) is 9.84. The second-order valence-corrected chi connectivity index (χ2v) is 5.45. The van der Waals surface area contributed by atoms with Crippen molar-refractivity contribution in [1.29, 1.82) is 0 Å². The third kappa shape index (κ3) is 2.31. The van der Waals surface area contributed by atoms with Gasteiger partial charge >= 0.3 is 5.97 Å². The molecule has 1 aliphatic heterocycles. The number of rotatable bonds is 3. The molecule has 1 amide bonds. The highest BCUT2D eigenvalue weighted by atomic mass is 32.1. The van der Waals surface area contributed by atoms with Crippen LogP contribution in [-0.4, -0.2) is 32.9 Å². The minimum absolute atomic E-state index is 0.0945. The first-order valence-electron chi connectivity index (χ1n) is 5.44. The van der Waals surface area contributed by atoms with Gasteiger partial charge in [-0.25, -0.2) is 9.78 Å². The van der Waals surface area contributed by atoms with Crippen molar-refractivity contribution in [2.75, 3.05) is 0 Å². The van der Waals surface area contributed by atoms with Gasteiger partial charge in [0.25, 0.3) is 0 Å². The number of aliphatic carboxylic acids is 1. The van der Waals surface area contributed by atoms with Crippen LogP contribution in [0.4, 0.5) is 0 Å². The van der Waals surface area contributed by atoms with E-state index in [4.69, 9.17) is 5.11 Å². The third-order valence-electron chi connectivity index (χ3n) is 2.99. The molecule has 0 aliphatic carbocycles. The van der Waals surface area contributed by atoms with Gasteiger partial charge in [-0.3, -0.25) is 4.79 Å². The van der Waals surface area contributed by atoms with Gasteiger partial charge in [-0.05, 0) is 20.3 Å². The molecule has 6 heteroatoms. The number of carboxylic acid groups (broad SMARTS) is 1. The fourth-order valence-corrected chi connectivity index (χ4v) is 2.87. The number of amides is 1. The van der Waals surface area contributed by atoms with Crippen LogP contribution in [0.3, 0.4) is 0 Å². The molecular formula is C11H14N2O3S. The van der Waals surface area contributed by atoms with Crippen molar-refractivity contribution in [3.05, 3.63) is 15.6 Å². The first-order valence-corrected chi connectivity index (χ1v) is 6.26. The van der Waals surface area contributed by atoms with Crippen LogP contribution >= 0.6 is 11.3 Å². The lowest BCUT2D eigenvalue weighted by Crippen LogP contribution is -2.37. The van der Waals surface area contributed by atoms with Gasteiger partial charge in [-0.15, -0.1) is 11.3 Å². The number of hydrogen-bond acceptors (Lipinski definition) is 4. The van der Waals surface area contributed by atoms with Gasteiger partial charge in [0.2, 0.25) is 5.91 Å². The smallest absolute Gasteiger partial charge is 0.326 e. The van der Waals surface area contributed by atoms with Gasteiger partial charge in [0.05, 0.1) is 12.2 Å². The number of carboxylic acids is 1. The molecule has 1 N–H and O–H groups in total. The predicted molar refractivity (Wildman–Crippen MR) is 62.8 cm³/mol. The highest BCUT2D eigenvalue weighted by Crippen LogP contribution is 2.24. The molecule has 2 rings (SSSR count). The SMILES string of the molecule is Cc1nc(CN2C(=O)CCC2C(=O)O)sc1C. The number of hydrogen-bond donors (Lipinski definition) is 1. The summed E-state index contributed by atoms with van der Waals surface area (Å²) in [4.78, 5) is 29.5. The van der Waals surface area contributed by atoms with Crippen molar-refractivity contribution in [3.63, 3.8) is 0 Å². The van der Waals surface area contributed by atoms with Gasteiger partial charge in [-0.1, -0.05) is 0 Å². The van der Waals surface area contributed by atoms with E-state index in [9.17, 15) is 9.59 Å². The molecule has 1 atom stereocenters. The van der Waals surface area contributed by atoms with E-state index in [0.717, 1.165) is 15.6 Å². The van der Waals surface area contributed by atoms with Crippen molar-refractivity contribution in [1.82, 2.24) is 9.88 Å². The van der Waals surface area contributed by atoms with Crippen LogP contribution < -0.4 is 0 Å². The van der Waals surface area contributed by atoms with Gasteiger partial charge in [0.1, 0.15) is 11.0 Å². The summed E-state index contributed by atoms with van der Waals surface area (Å²) in [5.74, 6) is -1.02. The van der Waals surface area contributed by atoms with E-state index >= 15 is 0 Å². The number of carbonyl (C=O) groups is 2. The highest BCUT2D eigenvalue weighted by Gasteiger charge is 2.36. The first-order chi connectivity index (χ1) is 7.99. The largest absolute Gasteiger partial charge is 0.480 e. The quantitative estimate of drug-likeness (QED) is 0.883. The molecule has 0 spiro atoms. The van der Waals surface area contributed by atoms with Crippen LogP contribution in [-0.2, 0) is 16.1 Å². The van der Waals surface area contributed by atoms with Crippen LogP contribution in [0.1, 0.15) is 28.4 Å². The molecule has 0 radical (unpaired) electrons. The van der Waals surface area contributed by atoms with E-state index in [-0.39, 0.29) is 5.91 Å². The minimum Gasteiger partial charge on any atom is -0.480 e. The fraction of sp³-hybridized carbons (Fsp3) is 0.545. The Labute approximate surface area is 103 Å². The van der Waals surface area contributed by atoms with Crippen molar-refractivity contribution in [2.24, 2.45) is 0 Å². The van der Waals surface area contributed by atoms with Crippen molar-refractivity contribution in [2.45, 2.75) is 39.3 Å². The fourth-order valence-electron chi connectivity index (χ4n) is 1.94. The predicted octanol–water partition coefficient (Wildman–Crippen LogP) is 1.34. The lowest BCUT2D eigenvalue weighted by atomic mass is 10.2. The zero-order valence-corrected chi connectivity index (χ0v) is 10.6. The lowest BCUT2D eigenvalue weighted by molar-refractivity contribution is -0.146. The number of aryl methyl sites for hydroxylation is 2. The summed E-state index contributed by atoms with van der Waals surface area (Å²) < 4.78 is 0. The number of nitrogens with zero attached hydrogens (tertiary/aromatic N) is 2. The van der Waals surface area contributed by atoms with Gasteiger partial charge < -0.3 is 10.0 Å². The molecule has 5 nitrogen and oxygen atoms in total. The maximum absolute atomic E-state index is 11.6. The summed E-state index contributed by atoms with van der Waals surface area (Å²) >= 11 is 1.52. The van der Waals surface area contributed by atoms with Gasteiger partial charge in [0.15, 0.2) is 0 Å². The van der Waals surface area contributed by atoms with E-state index in [0.29, 0.717) is 19.4 Å². The second-order valence-electron chi connectivity index (χ2n) is 4.16. The molecule has 0 saturated carbocycles. The molecule has 92 valence electrons. The monoisotopic (exact) mass is 254 g/mol. The van der Waals surface area contributed by atoms with Crippen molar-refractivity contribution < 1.29 is 14.7 Å². The summed E-state index contributed by atoms with van der Waals surface area (Å²) in [6.45, 7) is 4.20. The highest BCUT2D eigenvalue weighted by molar-refractivity contribution is 7.11. The molecule has 1 saturated heterocycles. The van der Waals surface area contributed by atoms with Gasteiger partial charge in [0, 0.05) is 11.3 Å². The Morgan fingerprint density at radius 2 is 2.29 bits per heavy atom. The van der Waals surface area contributed by atoms with Crippen LogP contribution in [0.25, 0.3) is 0 Å². The molecule has 0 aromatic carbocycles. The maximum atomic E-state index is 11.6. The van der Waals surface area contributed by atoms with E-state index in [1.165, 1.54) is 16.2 Å². The summed E-state index contributed by atoms with van der Waals surface area (Å²) in [6, 6.07) is -0.688.